The van der Waals surface area contributed by atoms with Gasteiger partial charge in [-0.05, 0) is 19.3 Å². The maximum Gasteiger partial charge on any atom is 0.240 e. The standard InChI is InChI=1S/C14H17N5/c15-14-16-12(11-7-3-1-4-8-11)13(17-18-14)19-9-5-2-6-10-19/h1,3-4,7-8H,2,5-6,9-10H2,(H2,15,16,18). The van der Waals surface area contributed by atoms with E-state index in [-0.39, 0.29) is 5.95 Å². The summed E-state index contributed by atoms with van der Waals surface area (Å²) in [5.74, 6) is 1.07. The average Bonchev–Trinajstić information content (AvgIpc) is 2.49. The summed E-state index contributed by atoms with van der Waals surface area (Å²) < 4.78 is 0. The van der Waals surface area contributed by atoms with Gasteiger partial charge in [-0.2, -0.15) is 0 Å². The van der Waals surface area contributed by atoms with Crippen LogP contribution in [0.2, 0.25) is 0 Å². The van der Waals surface area contributed by atoms with E-state index in [4.69, 9.17) is 5.73 Å². The molecule has 19 heavy (non-hydrogen) atoms. The van der Waals surface area contributed by atoms with Crippen molar-refractivity contribution in [2.45, 2.75) is 19.3 Å². The number of nitrogens with zero attached hydrogens (tertiary/aromatic N) is 4. The molecule has 5 nitrogen and oxygen atoms in total. The topological polar surface area (TPSA) is 67.9 Å². The second-order valence-corrected chi connectivity index (χ2v) is 4.76. The van der Waals surface area contributed by atoms with Gasteiger partial charge in [0.05, 0.1) is 0 Å². The third kappa shape index (κ3) is 2.50. The summed E-state index contributed by atoms with van der Waals surface area (Å²) in [5.41, 5.74) is 7.55. The van der Waals surface area contributed by atoms with Gasteiger partial charge in [-0.25, -0.2) is 4.98 Å². The Balaban J connectivity index is 2.04. The van der Waals surface area contributed by atoms with Gasteiger partial charge >= 0.3 is 0 Å². The van der Waals surface area contributed by atoms with Crippen molar-refractivity contribution in [2.75, 3.05) is 23.7 Å². The van der Waals surface area contributed by atoms with Gasteiger partial charge in [-0.3, -0.25) is 0 Å². The highest BCUT2D eigenvalue weighted by atomic mass is 15.3. The van der Waals surface area contributed by atoms with Gasteiger partial charge in [0, 0.05) is 18.7 Å². The van der Waals surface area contributed by atoms with Gasteiger partial charge in [0.25, 0.3) is 0 Å². The van der Waals surface area contributed by atoms with E-state index in [9.17, 15) is 0 Å². The number of nitrogen functional groups attached to an aromatic ring is 1. The summed E-state index contributed by atoms with van der Waals surface area (Å²) in [6.07, 6.45) is 3.67. The lowest BCUT2D eigenvalue weighted by molar-refractivity contribution is 0.571. The van der Waals surface area contributed by atoms with Crippen LogP contribution in [0.3, 0.4) is 0 Å². The van der Waals surface area contributed by atoms with Crippen LogP contribution in [0.1, 0.15) is 19.3 Å². The third-order valence-corrected chi connectivity index (χ3v) is 3.39. The lowest BCUT2D eigenvalue weighted by atomic mass is 10.1. The van der Waals surface area contributed by atoms with Crippen LogP contribution >= 0.6 is 0 Å². The molecule has 0 atom stereocenters. The maximum atomic E-state index is 5.69. The van der Waals surface area contributed by atoms with Crippen LogP contribution in [-0.2, 0) is 0 Å². The number of benzene rings is 1. The van der Waals surface area contributed by atoms with Crippen molar-refractivity contribution < 1.29 is 0 Å². The zero-order valence-electron chi connectivity index (χ0n) is 10.8. The SMILES string of the molecule is Nc1nnc(N2CCCCC2)c(-c2ccccc2)n1. The Hall–Kier alpha value is -2.17. The molecule has 1 aromatic carbocycles. The smallest absolute Gasteiger partial charge is 0.240 e. The summed E-state index contributed by atoms with van der Waals surface area (Å²) in [5, 5.41) is 8.18. The Morgan fingerprint density at radius 1 is 0.947 bits per heavy atom. The lowest BCUT2D eigenvalue weighted by Gasteiger charge is -2.28. The molecular formula is C14H17N5. The van der Waals surface area contributed by atoms with Crippen LogP contribution in [-0.4, -0.2) is 28.3 Å². The maximum absolute atomic E-state index is 5.69. The summed E-state index contributed by atoms with van der Waals surface area (Å²) in [6.45, 7) is 2.03. The Morgan fingerprint density at radius 2 is 1.68 bits per heavy atom. The molecule has 0 amide bonds. The zero-order chi connectivity index (χ0) is 13.1. The van der Waals surface area contributed by atoms with Gasteiger partial charge in [0.15, 0.2) is 5.82 Å². The first-order valence-electron chi connectivity index (χ1n) is 6.65. The van der Waals surface area contributed by atoms with Crippen molar-refractivity contribution in [3.05, 3.63) is 30.3 Å². The highest BCUT2D eigenvalue weighted by Crippen LogP contribution is 2.28. The Labute approximate surface area is 112 Å². The monoisotopic (exact) mass is 255 g/mol. The number of nitrogens with two attached hydrogens (primary N) is 1. The Kier molecular flexibility index (Phi) is 3.27. The van der Waals surface area contributed by atoms with Gasteiger partial charge < -0.3 is 10.6 Å². The van der Waals surface area contributed by atoms with Gasteiger partial charge in [0.1, 0.15) is 5.69 Å². The minimum absolute atomic E-state index is 0.222. The quantitative estimate of drug-likeness (QED) is 0.890. The average molecular weight is 255 g/mol. The van der Waals surface area contributed by atoms with E-state index in [2.05, 4.69) is 20.1 Å². The Bertz CT molecular complexity index is 549. The summed E-state index contributed by atoms with van der Waals surface area (Å²) in [4.78, 5) is 6.64. The van der Waals surface area contributed by atoms with E-state index < -0.39 is 0 Å². The molecule has 1 fully saturated rings. The molecule has 0 spiro atoms. The molecule has 2 N–H and O–H groups in total. The zero-order valence-corrected chi connectivity index (χ0v) is 10.8. The molecule has 0 unspecified atom stereocenters. The number of rotatable bonds is 2. The molecule has 1 saturated heterocycles. The van der Waals surface area contributed by atoms with Crippen LogP contribution in [0.5, 0.6) is 0 Å². The van der Waals surface area contributed by atoms with Crippen molar-refractivity contribution in [2.24, 2.45) is 0 Å². The number of aromatic nitrogens is 3. The van der Waals surface area contributed by atoms with E-state index in [1.165, 1.54) is 19.3 Å². The van der Waals surface area contributed by atoms with E-state index in [0.717, 1.165) is 30.2 Å². The Morgan fingerprint density at radius 3 is 2.42 bits per heavy atom. The van der Waals surface area contributed by atoms with Crippen LogP contribution in [0.25, 0.3) is 11.3 Å². The fourth-order valence-electron chi connectivity index (χ4n) is 2.44. The fraction of sp³-hybridized carbons (Fsp3) is 0.357. The van der Waals surface area contributed by atoms with Gasteiger partial charge in [0.2, 0.25) is 5.95 Å². The molecule has 0 bridgehead atoms. The van der Waals surface area contributed by atoms with E-state index >= 15 is 0 Å². The van der Waals surface area contributed by atoms with Crippen molar-refractivity contribution in [1.29, 1.82) is 0 Å². The molecule has 2 aromatic rings. The van der Waals surface area contributed by atoms with Crippen molar-refractivity contribution >= 4 is 11.8 Å². The summed E-state index contributed by atoms with van der Waals surface area (Å²) >= 11 is 0. The number of hydrogen-bond donors (Lipinski definition) is 1. The first-order valence-corrected chi connectivity index (χ1v) is 6.65. The third-order valence-electron chi connectivity index (χ3n) is 3.39. The molecule has 98 valence electrons. The van der Waals surface area contributed by atoms with Crippen molar-refractivity contribution in [3.8, 4) is 11.3 Å². The molecular weight excluding hydrogens is 238 g/mol. The summed E-state index contributed by atoms with van der Waals surface area (Å²) in [6, 6.07) is 10.0. The molecule has 3 rings (SSSR count). The minimum atomic E-state index is 0.222. The molecule has 0 radical (unpaired) electrons. The molecule has 1 aromatic heterocycles. The van der Waals surface area contributed by atoms with Gasteiger partial charge in [-0.1, -0.05) is 30.3 Å². The fourth-order valence-corrected chi connectivity index (χ4v) is 2.44. The summed E-state index contributed by atoms with van der Waals surface area (Å²) in [7, 11) is 0. The lowest BCUT2D eigenvalue weighted by Crippen LogP contribution is -2.31. The van der Waals surface area contributed by atoms with Crippen LogP contribution < -0.4 is 10.6 Å². The predicted octanol–water partition coefficient (Wildman–Crippen LogP) is 2.11. The second-order valence-electron chi connectivity index (χ2n) is 4.76. The first-order chi connectivity index (χ1) is 9.34. The largest absolute Gasteiger partial charge is 0.366 e. The first kappa shape index (κ1) is 11.9. The van der Waals surface area contributed by atoms with E-state index in [1.54, 1.807) is 0 Å². The molecule has 5 heteroatoms. The van der Waals surface area contributed by atoms with Crippen molar-refractivity contribution in [1.82, 2.24) is 15.2 Å². The van der Waals surface area contributed by atoms with Gasteiger partial charge in [-0.15, -0.1) is 10.2 Å². The molecule has 0 aliphatic carbocycles. The van der Waals surface area contributed by atoms with Crippen LogP contribution in [0, 0.1) is 0 Å². The predicted molar refractivity (Wildman–Crippen MR) is 75.7 cm³/mol. The number of anilines is 2. The molecule has 1 aliphatic heterocycles. The molecule has 1 aliphatic rings. The van der Waals surface area contributed by atoms with E-state index in [1.807, 2.05) is 30.3 Å². The highest BCUT2D eigenvalue weighted by Gasteiger charge is 2.18. The normalized spacial score (nSPS) is 15.5. The highest BCUT2D eigenvalue weighted by molar-refractivity contribution is 5.72. The second kappa shape index (κ2) is 5.22. The minimum Gasteiger partial charge on any atom is -0.366 e. The van der Waals surface area contributed by atoms with Crippen LogP contribution in [0.15, 0.2) is 30.3 Å². The van der Waals surface area contributed by atoms with Crippen molar-refractivity contribution in [3.63, 3.8) is 0 Å². The number of piperidine rings is 1. The van der Waals surface area contributed by atoms with Crippen LogP contribution in [0.4, 0.5) is 11.8 Å². The number of hydrogen-bond acceptors (Lipinski definition) is 5. The molecule has 2 heterocycles. The van der Waals surface area contributed by atoms with E-state index in [0.29, 0.717) is 0 Å². The molecule has 0 saturated carbocycles.